The van der Waals surface area contributed by atoms with Gasteiger partial charge in [-0.05, 0) is 26.7 Å². The third kappa shape index (κ3) is 2.22. The van der Waals surface area contributed by atoms with Crippen LogP contribution < -0.4 is 0 Å². The number of carbonyl (C=O) groups is 1. The first-order valence-electron chi connectivity index (χ1n) is 4.49. The zero-order valence-corrected chi connectivity index (χ0v) is 8.33. The number of hydrogen-bond acceptors (Lipinski definition) is 2. The summed E-state index contributed by atoms with van der Waals surface area (Å²) in [5.41, 5.74) is 0. The Bertz CT molecular complexity index is 241. The SMILES string of the molecule is CC#CC(=O)N1C(C)COCC1C. The number of carbonyl (C=O) groups excluding carboxylic acids is 1. The molecule has 2 unspecified atom stereocenters. The molecule has 13 heavy (non-hydrogen) atoms. The molecule has 0 spiro atoms. The molecule has 0 saturated carbocycles. The fraction of sp³-hybridized carbons (Fsp3) is 0.700. The second-order valence-corrected chi connectivity index (χ2v) is 3.32. The third-order valence-electron chi connectivity index (χ3n) is 2.13. The van der Waals surface area contributed by atoms with Crippen LogP contribution in [0.15, 0.2) is 0 Å². The van der Waals surface area contributed by atoms with Crippen LogP contribution in [0, 0.1) is 11.8 Å². The van der Waals surface area contributed by atoms with Gasteiger partial charge in [-0.1, -0.05) is 5.92 Å². The van der Waals surface area contributed by atoms with Crippen LogP contribution in [-0.2, 0) is 9.53 Å². The smallest absolute Gasteiger partial charge is 0.299 e. The maximum atomic E-state index is 11.5. The van der Waals surface area contributed by atoms with Gasteiger partial charge in [-0.25, -0.2) is 0 Å². The standard InChI is InChI=1S/C10H15NO2/c1-4-5-10(12)11-8(2)6-13-7-9(11)3/h8-9H,6-7H2,1-3H3. The van der Waals surface area contributed by atoms with Crippen LogP contribution in [0.1, 0.15) is 20.8 Å². The summed E-state index contributed by atoms with van der Waals surface area (Å²) in [6.45, 7) is 6.85. The van der Waals surface area contributed by atoms with Crippen molar-refractivity contribution >= 4 is 5.91 Å². The highest BCUT2D eigenvalue weighted by molar-refractivity contribution is 5.93. The summed E-state index contributed by atoms with van der Waals surface area (Å²) in [6.07, 6.45) is 0. The lowest BCUT2D eigenvalue weighted by atomic mass is 10.1. The summed E-state index contributed by atoms with van der Waals surface area (Å²) in [5, 5.41) is 0. The third-order valence-corrected chi connectivity index (χ3v) is 2.13. The van der Waals surface area contributed by atoms with Crippen molar-refractivity contribution in [1.82, 2.24) is 4.90 Å². The Morgan fingerprint density at radius 3 is 2.38 bits per heavy atom. The maximum Gasteiger partial charge on any atom is 0.299 e. The summed E-state index contributed by atoms with van der Waals surface area (Å²) in [6, 6.07) is 0.272. The van der Waals surface area contributed by atoms with E-state index >= 15 is 0 Å². The highest BCUT2D eigenvalue weighted by atomic mass is 16.5. The fourth-order valence-electron chi connectivity index (χ4n) is 1.58. The topological polar surface area (TPSA) is 29.5 Å². The first-order valence-corrected chi connectivity index (χ1v) is 4.49. The first kappa shape index (κ1) is 10.1. The highest BCUT2D eigenvalue weighted by Crippen LogP contribution is 2.12. The quantitative estimate of drug-likeness (QED) is 0.513. The average Bonchev–Trinajstić information content (AvgIpc) is 2.04. The van der Waals surface area contributed by atoms with Gasteiger partial charge in [0.2, 0.25) is 0 Å². The molecule has 1 aliphatic rings. The minimum atomic E-state index is -0.0919. The summed E-state index contributed by atoms with van der Waals surface area (Å²) < 4.78 is 5.31. The summed E-state index contributed by atoms with van der Waals surface area (Å²) in [5.74, 6) is 5.09. The fourth-order valence-corrected chi connectivity index (χ4v) is 1.58. The van der Waals surface area contributed by atoms with Crippen LogP contribution in [-0.4, -0.2) is 36.1 Å². The highest BCUT2D eigenvalue weighted by Gasteiger charge is 2.28. The Kier molecular flexibility index (Phi) is 3.32. The predicted molar refractivity (Wildman–Crippen MR) is 50.0 cm³/mol. The van der Waals surface area contributed by atoms with Crippen molar-refractivity contribution in [2.24, 2.45) is 0 Å². The van der Waals surface area contributed by atoms with Gasteiger partial charge in [0, 0.05) is 0 Å². The molecule has 1 aliphatic heterocycles. The molecular formula is C10H15NO2. The lowest BCUT2D eigenvalue weighted by Crippen LogP contribution is -2.52. The van der Waals surface area contributed by atoms with E-state index in [9.17, 15) is 4.79 Å². The van der Waals surface area contributed by atoms with Crippen LogP contribution in [0.25, 0.3) is 0 Å². The lowest BCUT2D eigenvalue weighted by molar-refractivity contribution is -0.137. The molecule has 2 atom stereocenters. The van der Waals surface area contributed by atoms with Gasteiger partial charge in [-0.15, -0.1) is 0 Å². The van der Waals surface area contributed by atoms with E-state index in [0.29, 0.717) is 13.2 Å². The Labute approximate surface area is 79.1 Å². The van der Waals surface area contributed by atoms with Crippen LogP contribution in [0.3, 0.4) is 0 Å². The maximum absolute atomic E-state index is 11.5. The van der Waals surface area contributed by atoms with Gasteiger partial charge in [-0.3, -0.25) is 4.79 Å². The first-order chi connectivity index (χ1) is 6.16. The molecule has 3 heteroatoms. The van der Waals surface area contributed by atoms with Crippen LogP contribution >= 0.6 is 0 Å². The molecule has 0 bridgehead atoms. The van der Waals surface area contributed by atoms with E-state index in [4.69, 9.17) is 4.74 Å². The number of nitrogens with zero attached hydrogens (tertiary/aromatic N) is 1. The second-order valence-electron chi connectivity index (χ2n) is 3.32. The molecule has 0 N–H and O–H groups in total. The Morgan fingerprint density at radius 2 is 1.92 bits per heavy atom. The van der Waals surface area contributed by atoms with Crippen LogP contribution in [0.4, 0.5) is 0 Å². The second kappa shape index (κ2) is 4.29. The lowest BCUT2D eigenvalue weighted by Gasteiger charge is -2.37. The normalized spacial score (nSPS) is 27.8. The van der Waals surface area contributed by atoms with Crippen molar-refractivity contribution in [2.75, 3.05) is 13.2 Å². The largest absolute Gasteiger partial charge is 0.377 e. The van der Waals surface area contributed by atoms with Gasteiger partial charge >= 0.3 is 0 Å². The van der Waals surface area contributed by atoms with Crippen molar-refractivity contribution in [3.63, 3.8) is 0 Å². The molecule has 0 aromatic rings. The molecule has 0 radical (unpaired) electrons. The Morgan fingerprint density at radius 1 is 1.38 bits per heavy atom. The van der Waals surface area contributed by atoms with Crippen molar-refractivity contribution in [3.8, 4) is 11.8 Å². The molecule has 0 aromatic heterocycles. The van der Waals surface area contributed by atoms with E-state index in [1.807, 2.05) is 13.8 Å². The molecule has 1 amide bonds. The number of rotatable bonds is 0. The van der Waals surface area contributed by atoms with E-state index in [0.717, 1.165) is 0 Å². The predicted octanol–water partition coefficient (Wildman–Crippen LogP) is 0.645. The van der Waals surface area contributed by atoms with Crippen LogP contribution in [0.5, 0.6) is 0 Å². The van der Waals surface area contributed by atoms with E-state index in [1.165, 1.54) is 0 Å². The molecule has 3 nitrogen and oxygen atoms in total. The Hall–Kier alpha value is -1.01. The van der Waals surface area contributed by atoms with Crippen molar-refractivity contribution in [1.29, 1.82) is 0 Å². The van der Waals surface area contributed by atoms with Gasteiger partial charge in [0.05, 0.1) is 25.3 Å². The minimum absolute atomic E-state index is 0.0919. The van der Waals surface area contributed by atoms with Crippen molar-refractivity contribution < 1.29 is 9.53 Å². The number of ether oxygens (including phenoxy) is 1. The molecule has 1 rings (SSSR count). The van der Waals surface area contributed by atoms with Crippen LogP contribution in [0.2, 0.25) is 0 Å². The summed E-state index contributed by atoms with van der Waals surface area (Å²) in [4.78, 5) is 13.3. The molecule has 1 fully saturated rings. The zero-order valence-electron chi connectivity index (χ0n) is 8.33. The van der Waals surface area contributed by atoms with Gasteiger partial charge in [0.15, 0.2) is 0 Å². The summed E-state index contributed by atoms with van der Waals surface area (Å²) in [7, 11) is 0. The average molecular weight is 181 g/mol. The van der Waals surface area contributed by atoms with Crippen molar-refractivity contribution in [3.05, 3.63) is 0 Å². The number of amides is 1. The zero-order chi connectivity index (χ0) is 9.84. The monoisotopic (exact) mass is 181 g/mol. The molecule has 0 aliphatic carbocycles. The van der Waals surface area contributed by atoms with Gasteiger partial charge in [-0.2, -0.15) is 0 Å². The minimum Gasteiger partial charge on any atom is -0.377 e. The molecule has 1 saturated heterocycles. The van der Waals surface area contributed by atoms with Gasteiger partial charge < -0.3 is 9.64 Å². The molecular weight excluding hydrogens is 166 g/mol. The number of hydrogen-bond donors (Lipinski definition) is 0. The van der Waals surface area contributed by atoms with Gasteiger partial charge in [0.1, 0.15) is 0 Å². The van der Waals surface area contributed by atoms with E-state index in [2.05, 4.69) is 11.8 Å². The van der Waals surface area contributed by atoms with E-state index in [-0.39, 0.29) is 18.0 Å². The van der Waals surface area contributed by atoms with E-state index in [1.54, 1.807) is 11.8 Å². The number of morpholine rings is 1. The molecule has 72 valence electrons. The molecule has 0 aromatic carbocycles. The van der Waals surface area contributed by atoms with Crippen molar-refractivity contribution in [2.45, 2.75) is 32.9 Å². The van der Waals surface area contributed by atoms with E-state index < -0.39 is 0 Å². The Balaban J connectivity index is 2.71. The molecule has 1 heterocycles. The van der Waals surface area contributed by atoms with Gasteiger partial charge in [0.25, 0.3) is 5.91 Å². The summed E-state index contributed by atoms with van der Waals surface area (Å²) >= 11 is 0.